The van der Waals surface area contributed by atoms with Crippen LogP contribution in [0.4, 0.5) is 0 Å². The van der Waals surface area contributed by atoms with Gasteiger partial charge >= 0.3 is 0 Å². The maximum atomic E-state index is 12.4. The van der Waals surface area contributed by atoms with Crippen LogP contribution in [0.3, 0.4) is 0 Å². The van der Waals surface area contributed by atoms with Crippen LogP contribution in [0.5, 0.6) is 0 Å². The minimum Gasteiger partial charge on any atom is -0.328 e. The van der Waals surface area contributed by atoms with Crippen LogP contribution < -0.4 is 0 Å². The monoisotopic (exact) mass is 282 g/mol. The predicted octanol–water partition coefficient (Wildman–Crippen LogP) is 2.61. The molecular weight excluding hydrogens is 264 g/mol. The fourth-order valence-electron chi connectivity index (χ4n) is 2.54. The van der Waals surface area contributed by atoms with E-state index in [-0.39, 0.29) is 5.78 Å². The van der Waals surface area contributed by atoms with E-state index in [1.54, 1.807) is 17.1 Å². The number of para-hydroxylation sites is 2. The number of carbonyl (C=O) groups is 1. The second-order valence-electron chi connectivity index (χ2n) is 5.17. The van der Waals surface area contributed by atoms with E-state index in [0.717, 1.165) is 29.8 Å². The number of aryl methyl sites for hydroxylation is 2. The van der Waals surface area contributed by atoms with E-state index in [9.17, 15) is 4.79 Å². The van der Waals surface area contributed by atoms with Gasteiger partial charge in [-0.25, -0.2) is 4.98 Å². The van der Waals surface area contributed by atoms with Crippen LogP contribution >= 0.6 is 0 Å². The van der Waals surface area contributed by atoms with E-state index < -0.39 is 0 Å². The molecule has 1 aromatic carbocycles. The van der Waals surface area contributed by atoms with Gasteiger partial charge in [0.1, 0.15) is 5.82 Å². The summed E-state index contributed by atoms with van der Waals surface area (Å²) in [4.78, 5) is 17.0. The Labute approximate surface area is 123 Å². The van der Waals surface area contributed by atoms with E-state index in [1.807, 2.05) is 25.2 Å². The number of ketones is 1. The second-order valence-corrected chi connectivity index (χ2v) is 5.17. The SMILES string of the molecule is CCCn1c(CC(=O)c2cnn(C)c2)nc2ccccc21. The first kappa shape index (κ1) is 13.5. The molecule has 21 heavy (non-hydrogen) atoms. The lowest BCUT2D eigenvalue weighted by molar-refractivity contribution is 0.0990. The van der Waals surface area contributed by atoms with E-state index in [2.05, 4.69) is 27.6 Å². The van der Waals surface area contributed by atoms with E-state index in [0.29, 0.717) is 12.0 Å². The fourth-order valence-corrected chi connectivity index (χ4v) is 2.54. The van der Waals surface area contributed by atoms with Crippen molar-refractivity contribution in [2.45, 2.75) is 26.3 Å². The van der Waals surface area contributed by atoms with E-state index >= 15 is 0 Å². The van der Waals surface area contributed by atoms with Crippen molar-refractivity contribution in [3.05, 3.63) is 48.0 Å². The number of fused-ring (bicyclic) bond motifs is 1. The molecule has 0 saturated heterocycles. The Morgan fingerprint density at radius 2 is 2.10 bits per heavy atom. The molecule has 5 heteroatoms. The Bertz CT molecular complexity index is 785. The zero-order valence-electron chi connectivity index (χ0n) is 12.3. The lowest BCUT2D eigenvalue weighted by Gasteiger charge is -2.06. The molecule has 0 aliphatic rings. The van der Waals surface area contributed by atoms with Crippen LogP contribution in [-0.4, -0.2) is 25.1 Å². The number of benzene rings is 1. The molecule has 0 spiro atoms. The van der Waals surface area contributed by atoms with Crippen molar-refractivity contribution in [1.82, 2.24) is 19.3 Å². The van der Waals surface area contributed by atoms with Gasteiger partial charge in [-0.15, -0.1) is 0 Å². The summed E-state index contributed by atoms with van der Waals surface area (Å²) in [5.41, 5.74) is 2.67. The van der Waals surface area contributed by atoms with Crippen LogP contribution in [0.2, 0.25) is 0 Å². The predicted molar refractivity (Wildman–Crippen MR) is 81.3 cm³/mol. The highest BCUT2D eigenvalue weighted by Crippen LogP contribution is 2.18. The highest BCUT2D eigenvalue weighted by Gasteiger charge is 2.15. The molecule has 108 valence electrons. The fraction of sp³-hybridized carbons (Fsp3) is 0.312. The molecule has 0 aliphatic carbocycles. The topological polar surface area (TPSA) is 52.7 Å². The van der Waals surface area contributed by atoms with Gasteiger partial charge in [-0.2, -0.15) is 5.10 Å². The molecule has 0 atom stereocenters. The summed E-state index contributed by atoms with van der Waals surface area (Å²) in [6.07, 6.45) is 4.67. The van der Waals surface area contributed by atoms with Crippen molar-refractivity contribution in [2.75, 3.05) is 0 Å². The average molecular weight is 282 g/mol. The van der Waals surface area contributed by atoms with Crippen LogP contribution in [0.1, 0.15) is 29.5 Å². The third kappa shape index (κ3) is 2.59. The van der Waals surface area contributed by atoms with Gasteiger partial charge in [0.15, 0.2) is 5.78 Å². The molecular formula is C16H18N4O. The van der Waals surface area contributed by atoms with Gasteiger partial charge < -0.3 is 4.57 Å². The van der Waals surface area contributed by atoms with Crippen molar-refractivity contribution in [2.24, 2.45) is 7.05 Å². The Balaban J connectivity index is 1.96. The minimum absolute atomic E-state index is 0.0516. The third-order valence-corrected chi connectivity index (χ3v) is 3.53. The number of aromatic nitrogens is 4. The maximum Gasteiger partial charge on any atom is 0.173 e. The summed E-state index contributed by atoms with van der Waals surface area (Å²) in [6.45, 7) is 3.00. The summed E-state index contributed by atoms with van der Waals surface area (Å²) < 4.78 is 3.78. The highest BCUT2D eigenvalue weighted by molar-refractivity contribution is 5.97. The summed E-state index contributed by atoms with van der Waals surface area (Å²) in [6, 6.07) is 8.01. The van der Waals surface area contributed by atoms with Crippen LogP contribution in [-0.2, 0) is 20.0 Å². The zero-order chi connectivity index (χ0) is 14.8. The maximum absolute atomic E-state index is 12.4. The minimum atomic E-state index is 0.0516. The van der Waals surface area contributed by atoms with Crippen molar-refractivity contribution in [3.63, 3.8) is 0 Å². The summed E-state index contributed by atoms with van der Waals surface area (Å²) in [5, 5.41) is 4.05. The van der Waals surface area contributed by atoms with Gasteiger partial charge in [-0.05, 0) is 18.6 Å². The number of Topliss-reactive ketones (excluding diaryl/α,β-unsaturated/α-hetero) is 1. The second kappa shape index (κ2) is 5.52. The normalized spacial score (nSPS) is 11.1. The molecule has 2 aromatic heterocycles. The summed E-state index contributed by atoms with van der Waals surface area (Å²) in [5.74, 6) is 0.877. The van der Waals surface area contributed by atoms with Crippen molar-refractivity contribution >= 4 is 16.8 Å². The molecule has 3 aromatic rings. The molecule has 0 radical (unpaired) electrons. The van der Waals surface area contributed by atoms with Gasteiger partial charge in [0.25, 0.3) is 0 Å². The molecule has 5 nitrogen and oxygen atoms in total. The number of carbonyl (C=O) groups excluding carboxylic acids is 1. The Morgan fingerprint density at radius 1 is 1.29 bits per heavy atom. The smallest absolute Gasteiger partial charge is 0.173 e. The molecule has 0 bridgehead atoms. The summed E-state index contributed by atoms with van der Waals surface area (Å²) >= 11 is 0. The lowest BCUT2D eigenvalue weighted by Crippen LogP contribution is -2.10. The van der Waals surface area contributed by atoms with E-state index in [1.165, 1.54) is 0 Å². The first-order valence-electron chi connectivity index (χ1n) is 7.15. The number of hydrogen-bond acceptors (Lipinski definition) is 3. The molecule has 3 rings (SSSR count). The molecule has 2 heterocycles. The molecule has 0 unspecified atom stereocenters. The standard InChI is InChI=1S/C16H18N4O/c1-3-8-20-14-7-5-4-6-13(14)18-16(20)9-15(21)12-10-17-19(2)11-12/h4-7,10-11H,3,8-9H2,1-2H3. The highest BCUT2D eigenvalue weighted by atomic mass is 16.1. The van der Waals surface area contributed by atoms with Crippen molar-refractivity contribution < 1.29 is 4.79 Å². The van der Waals surface area contributed by atoms with Crippen molar-refractivity contribution in [1.29, 1.82) is 0 Å². The average Bonchev–Trinajstić information content (AvgIpc) is 3.04. The Kier molecular flexibility index (Phi) is 3.56. The number of rotatable bonds is 5. The number of hydrogen-bond donors (Lipinski definition) is 0. The van der Waals surface area contributed by atoms with Crippen LogP contribution in [0.25, 0.3) is 11.0 Å². The molecule has 0 saturated carbocycles. The molecule has 0 fully saturated rings. The Morgan fingerprint density at radius 3 is 2.81 bits per heavy atom. The van der Waals surface area contributed by atoms with Gasteiger partial charge in [-0.3, -0.25) is 9.48 Å². The zero-order valence-corrected chi connectivity index (χ0v) is 12.3. The largest absolute Gasteiger partial charge is 0.328 e. The number of imidazole rings is 1. The van der Waals surface area contributed by atoms with Crippen molar-refractivity contribution in [3.8, 4) is 0 Å². The van der Waals surface area contributed by atoms with Crippen LogP contribution in [0.15, 0.2) is 36.7 Å². The molecule has 0 aliphatic heterocycles. The summed E-state index contributed by atoms with van der Waals surface area (Å²) in [7, 11) is 1.81. The van der Waals surface area contributed by atoms with Gasteiger partial charge in [0, 0.05) is 19.8 Å². The first-order chi connectivity index (χ1) is 10.2. The molecule has 0 N–H and O–H groups in total. The first-order valence-corrected chi connectivity index (χ1v) is 7.15. The van der Waals surface area contributed by atoms with Gasteiger partial charge in [0.2, 0.25) is 0 Å². The third-order valence-electron chi connectivity index (χ3n) is 3.53. The lowest BCUT2D eigenvalue weighted by atomic mass is 10.1. The van der Waals surface area contributed by atoms with E-state index in [4.69, 9.17) is 0 Å². The number of nitrogens with zero attached hydrogens (tertiary/aromatic N) is 4. The van der Waals surface area contributed by atoms with Crippen LogP contribution in [0, 0.1) is 0 Å². The quantitative estimate of drug-likeness (QED) is 0.676. The van der Waals surface area contributed by atoms with Gasteiger partial charge in [-0.1, -0.05) is 19.1 Å². The Hall–Kier alpha value is -2.43. The van der Waals surface area contributed by atoms with Gasteiger partial charge in [0.05, 0.1) is 29.2 Å². The molecule has 0 amide bonds.